The number of benzene rings is 3. The third-order valence-electron chi connectivity index (χ3n) is 6.54. The minimum Gasteiger partial charge on any atom is -0.388 e. The van der Waals surface area contributed by atoms with Crippen molar-refractivity contribution in [3.63, 3.8) is 0 Å². The zero-order valence-electron chi connectivity index (χ0n) is 18.0. The van der Waals surface area contributed by atoms with Gasteiger partial charge in [0.25, 0.3) is 0 Å². The molecule has 3 unspecified atom stereocenters. The lowest BCUT2D eigenvalue weighted by Crippen LogP contribution is -2.36. The van der Waals surface area contributed by atoms with Crippen LogP contribution in [-0.2, 0) is 6.42 Å². The third kappa shape index (κ3) is 5.81. The van der Waals surface area contributed by atoms with Crippen molar-refractivity contribution in [2.45, 2.75) is 44.2 Å². The molecule has 4 rings (SSSR count). The summed E-state index contributed by atoms with van der Waals surface area (Å²) in [6.45, 7) is 2.11. The van der Waals surface area contributed by atoms with Crippen molar-refractivity contribution in [2.24, 2.45) is 5.92 Å². The lowest BCUT2D eigenvalue weighted by Gasteiger charge is -2.38. The average molecular weight is 418 g/mol. The van der Waals surface area contributed by atoms with Gasteiger partial charge >= 0.3 is 0 Å². The molecule has 1 saturated heterocycles. The first-order chi connectivity index (χ1) is 15.2. The number of aliphatic hydroxyl groups excluding tert-OH is 1. The van der Waals surface area contributed by atoms with Crippen LogP contribution in [0, 0.1) is 11.7 Å². The summed E-state index contributed by atoms with van der Waals surface area (Å²) in [4.78, 5) is 2.53. The Hall–Kier alpha value is -2.49. The lowest BCUT2D eigenvalue weighted by molar-refractivity contribution is 0.0675. The first-order valence-electron chi connectivity index (χ1n) is 11.5. The minimum atomic E-state index is -0.547. The fourth-order valence-electron chi connectivity index (χ4n) is 4.86. The molecule has 1 aliphatic rings. The van der Waals surface area contributed by atoms with Gasteiger partial charge in [0.05, 0.1) is 6.10 Å². The maximum atomic E-state index is 13.6. The number of aliphatic hydroxyl groups is 1. The number of likely N-dealkylation sites (tertiary alicyclic amines) is 1. The van der Waals surface area contributed by atoms with Crippen molar-refractivity contribution in [3.8, 4) is 0 Å². The Morgan fingerprint density at radius 2 is 1.35 bits per heavy atom. The normalized spacial score (nSPS) is 17.7. The molecule has 162 valence electrons. The van der Waals surface area contributed by atoms with Gasteiger partial charge in [-0.25, -0.2) is 4.39 Å². The number of piperidine rings is 1. The molecule has 0 spiro atoms. The highest BCUT2D eigenvalue weighted by Crippen LogP contribution is 2.37. The van der Waals surface area contributed by atoms with E-state index in [1.54, 1.807) is 12.1 Å². The summed E-state index contributed by atoms with van der Waals surface area (Å²) in [6.07, 6.45) is 4.75. The molecule has 0 saturated carbocycles. The molecule has 3 heteroatoms. The number of hydrogen-bond acceptors (Lipinski definition) is 2. The van der Waals surface area contributed by atoms with E-state index in [0.29, 0.717) is 0 Å². The van der Waals surface area contributed by atoms with E-state index in [1.807, 2.05) is 48.5 Å². The molecule has 0 aromatic heterocycles. The molecule has 1 heterocycles. The van der Waals surface area contributed by atoms with E-state index < -0.39 is 6.10 Å². The highest BCUT2D eigenvalue weighted by molar-refractivity contribution is 5.23. The summed E-state index contributed by atoms with van der Waals surface area (Å²) in [6, 6.07) is 27.5. The molecular formula is C28H32FNO. The van der Waals surface area contributed by atoms with E-state index in [2.05, 4.69) is 29.2 Å². The lowest BCUT2D eigenvalue weighted by atomic mass is 9.82. The molecule has 3 atom stereocenters. The Labute approximate surface area is 185 Å². The molecule has 1 N–H and O–H groups in total. The van der Waals surface area contributed by atoms with Crippen LogP contribution in [0.1, 0.15) is 54.5 Å². The smallest absolute Gasteiger partial charge is 0.123 e. The van der Waals surface area contributed by atoms with Crippen molar-refractivity contribution in [2.75, 3.05) is 13.1 Å². The summed E-state index contributed by atoms with van der Waals surface area (Å²) in [5.41, 5.74) is 3.33. The molecule has 0 bridgehead atoms. The Bertz CT molecular complexity index is 907. The number of halogens is 1. The van der Waals surface area contributed by atoms with Crippen LogP contribution < -0.4 is 0 Å². The number of nitrogens with zero attached hydrogens (tertiary/aromatic N) is 1. The predicted octanol–water partition coefficient (Wildman–Crippen LogP) is 6.34. The molecule has 2 nitrogen and oxygen atoms in total. The molecule has 0 radical (unpaired) electrons. The minimum absolute atomic E-state index is 0.0572. The van der Waals surface area contributed by atoms with E-state index in [-0.39, 0.29) is 17.8 Å². The molecule has 3 aromatic rings. The van der Waals surface area contributed by atoms with Gasteiger partial charge in [-0.2, -0.15) is 0 Å². The predicted molar refractivity (Wildman–Crippen MR) is 124 cm³/mol. The Balaban J connectivity index is 1.64. The van der Waals surface area contributed by atoms with Crippen LogP contribution in [0.2, 0.25) is 0 Å². The fraction of sp³-hybridized carbons (Fsp3) is 0.357. The van der Waals surface area contributed by atoms with E-state index in [4.69, 9.17) is 0 Å². The van der Waals surface area contributed by atoms with Crippen LogP contribution >= 0.6 is 0 Å². The van der Waals surface area contributed by atoms with Gasteiger partial charge in [0, 0.05) is 6.04 Å². The standard InChI is InChI=1S/C28H32FNO/c29-26-16-14-23(15-17-26)27(30-18-8-3-9-19-30)21-25(20-22-10-4-1-5-11-22)28(31)24-12-6-2-7-13-24/h1-2,4-7,10-17,25,27-28,31H,3,8-9,18-21H2. The van der Waals surface area contributed by atoms with Crippen LogP contribution in [0.4, 0.5) is 4.39 Å². The second-order valence-electron chi connectivity index (χ2n) is 8.71. The van der Waals surface area contributed by atoms with Gasteiger partial charge in [-0.1, -0.05) is 79.2 Å². The highest BCUT2D eigenvalue weighted by Gasteiger charge is 2.30. The summed E-state index contributed by atoms with van der Waals surface area (Å²) < 4.78 is 13.6. The van der Waals surface area contributed by atoms with Gasteiger partial charge in [-0.15, -0.1) is 0 Å². The molecule has 3 aromatic carbocycles. The van der Waals surface area contributed by atoms with Gasteiger partial charge in [0.15, 0.2) is 0 Å². The maximum absolute atomic E-state index is 13.6. The van der Waals surface area contributed by atoms with Crippen LogP contribution in [-0.4, -0.2) is 23.1 Å². The number of hydrogen-bond donors (Lipinski definition) is 1. The SMILES string of the molecule is OC(c1ccccc1)C(Cc1ccccc1)CC(c1ccc(F)cc1)N1CCCCC1. The second kappa shape index (κ2) is 10.7. The van der Waals surface area contributed by atoms with Gasteiger partial charge in [0.1, 0.15) is 5.82 Å². The third-order valence-corrected chi connectivity index (χ3v) is 6.54. The van der Waals surface area contributed by atoms with Gasteiger partial charge in [-0.3, -0.25) is 4.90 Å². The van der Waals surface area contributed by atoms with Gasteiger partial charge in [0.2, 0.25) is 0 Å². The first-order valence-corrected chi connectivity index (χ1v) is 11.5. The topological polar surface area (TPSA) is 23.5 Å². The Morgan fingerprint density at radius 1 is 0.742 bits per heavy atom. The van der Waals surface area contributed by atoms with Crippen molar-refractivity contribution < 1.29 is 9.50 Å². The van der Waals surface area contributed by atoms with E-state index >= 15 is 0 Å². The average Bonchev–Trinajstić information content (AvgIpc) is 2.84. The molecule has 1 fully saturated rings. The molecule has 31 heavy (non-hydrogen) atoms. The van der Waals surface area contributed by atoms with Crippen molar-refractivity contribution in [1.29, 1.82) is 0 Å². The quantitative estimate of drug-likeness (QED) is 0.463. The summed E-state index contributed by atoms with van der Waals surface area (Å²) in [5, 5.41) is 11.4. The first kappa shape index (κ1) is 21.7. The fourth-order valence-corrected chi connectivity index (χ4v) is 4.86. The van der Waals surface area contributed by atoms with E-state index in [0.717, 1.165) is 37.1 Å². The second-order valence-corrected chi connectivity index (χ2v) is 8.71. The van der Waals surface area contributed by atoms with Crippen LogP contribution in [0.25, 0.3) is 0 Å². The van der Waals surface area contributed by atoms with E-state index in [1.165, 1.54) is 24.8 Å². The zero-order valence-corrected chi connectivity index (χ0v) is 18.0. The van der Waals surface area contributed by atoms with Crippen molar-refractivity contribution >= 4 is 0 Å². The maximum Gasteiger partial charge on any atom is 0.123 e. The van der Waals surface area contributed by atoms with E-state index in [9.17, 15) is 9.50 Å². The molecule has 0 aliphatic carbocycles. The number of rotatable bonds is 8. The summed E-state index contributed by atoms with van der Waals surface area (Å²) >= 11 is 0. The van der Waals surface area contributed by atoms with Crippen molar-refractivity contribution in [3.05, 3.63) is 107 Å². The molecule has 1 aliphatic heterocycles. The highest BCUT2D eigenvalue weighted by atomic mass is 19.1. The summed E-state index contributed by atoms with van der Waals surface area (Å²) in [5.74, 6) is -0.145. The monoisotopic (exact) mass is 417 g/mol. The summed E-state index contributed by atoms with van der Waals surface area (Å²) in [7, 11) is 0. The van der Waals surface area contributed by atoms with Crippen LogP contribution in [0.5, 0.6) is 0 Å². The van der Waals surface area contributed by atoms with Crippen LogP contribution in [0.3, 0.4) is 0 Å². The van der Waals surface area contributed by atoms with Gasteiger partial charge < -0.3 is 5.11 Å². The van der Waals surface area contributed by atoms with Crippen molar-refractivity contribution in [1.82, 2.24) is 4.90 Å². The van der Waals surface area contributed by atoms with Crippen LogP contribution in [0.15, 0.2) is 84.9 Å². The molecule has 0 amide bonds. The Morgan fingerprint density at radius 3 is 2.00 bits per heavy atom. The molecular weight excluding hydrogens is 385 g/mol. The largest absolute Gasteiger partial charge is 0.388 e. The zero-order chi connectivity index (χ0) is 21.5. The Kier molecular flexibility index (Phi) is 7.50. The van der Waals surface area contributed by atoms with Gasteiger partial charge in [-0.05, 0) is 73.5 Å².